The van der Waals surface area contributed by atoms with Crippen LogP contribution in [0.25, 0.3) is 10.9 Å². The molecule has 1 unspecified atom stereocenters. The summed E-state index contributed by atoms with van der Waals surface area (Å²) in [6, 6.07) is 9.16. The van der Waals surface area contributed by atoms with E-state index in [0.717, 1.165) is 16.8 Å². The molecule has 1 atom stereocenters. The van der Waals surface area contributed by atoms with E-state index in [1.165, 1.54) is 0 Å². The Kier molecular flexibility index (Phi) is 4.19. The lowest BCUT2D eigenvalue weighted by Gasteiger charge is -2.26. The van der Waals surface area contributed by atoms with E-state index in [9.17, 15) is 9.59 Å². The highest BCUT2D eigenvalue weighted by atomic mass is 35.5. The van der Waals surface area contributed by atoms with Gasteiger partial charge in [-0.2, -0.15) is 0 Å². The number of amides is 1. The van der Waals surface area contributed by atoms with E-state index >= 15 is 0 Å². The van der Waals surface area contributed by atoms with Crippen LogP contribution >= 0.6 is 11.6 Å². The van der Waals surface area contributed by atoms with Crippen molar-refractivity contribution in [1.29, 1.82) is 0 Å². The molecule has 0 bridgehead atoms. The van der Waals surface area contributed by atoms with Gasteiger partial charge in [-0.1, -0.05) is 29.8 Å². The molecule has 1 amide bonds. The maximum atomic E-state index is 13.1. The molecule has 1 aliphatic heterocycles. The molecule has 4 rings (SSSR count). The van der Waals surface area contributed by atoms with Gasteiger partial charge in [0.2, 0.25) is 5.43 Å². The van der Waals surface area contributed by atoms with Crippen LogP contribution in [0.2, 0.25) is 5.02 Å². The molecule has 2 aromatic carbocycles. The molecule has 5 nitrogen and oxygen atoms in total. The number of ether oxygens (including phenoxy) is 1. The number of rotatable bonds is 2. The van der Waals surface area contributed by atoms with E-state index in [2.05, 4.69) is 5.32 Å². The molecular weight excluding hydrogens is 364 g/mol. The van der Waals surface area contributed by atoms with Gasteiger partial charge in [-0.3, -0.25) is 9.59 Å². The number of nitrogens with one attached hydrogen (secondary N) is 1. The first-order valence-corrected chi connectivity index (χ1v) is 9.14. The minimum Gasteiger partial charge on any atom is -0.487 e. The van der Waals surface area contributed by atoms with Crippen molar-refractivity contribution in [3.8, 4) is 5.75 Å². The van der Waals surface area contributed by atoms with Crippen LogP contribution < -0.4 is 15.5 Å². The third-order valence-electron chi connectivity index (χ3n) is 4.88. The number of carbonyl (C=O) groups excluding carboxylic acids is 1. The van der Waals surface area contributed by atoms with E-state index in [4.69, 9.17) is 16.3 Å². The molecule has 0 aliphatic carbocycles. The normalized spacial score (nSPS) is 15.5. The first kappa shape index (κ1) is 17.6. The van der Waals surface area contributed by atoms with Crippen LogP contribution in [0.4, 0.5) is 5.69 Å². The second-order valence-electron chi connectivity index (χ2n) is 6.94. The number of nitrogens with zero attached hydrogens (tertiary/aromatic N) is 1. The fraction of sp³-hybridized carbons (Fsp3) is 0.238. The lowest BCUT2D eigenvalue weighted by atomic mass is 10.1. The number of hydrogen-bond acceptors (Lipinski definition) is 3. The summed E-state index contributed by atoms with van der Waals surface area (Å²) in [5, 5.41) is 3.52. The molecule has 0 fully saturated rings. The fourth-order valence-electron chi connectivity index (χ4n) is 3.59. The van der Waals surface area contributed by atoms with Crippen LogP contribution in [0, 0.1) is 13.8 Å². The molecule has 1 aromatic heterocycles. The lowest BCUT2D eigenvalue weighted by Crippen LogP contribution is -2.30. The average Bonchev–Trinajstić information content (AvgIpc) is 2.62. The number of halogens is 1. The van der Waals surface area contributed by atoms with E-state index in [1.807, 2.05) is 43.5 Å². The second-order valence-corrected chi connectivity index (χ2v) is 7.35. The van der Waals surface area contributed by atoms with Crippen molar-refractivity contribution < 1.29 is 9.53 Å². The van der Waals surface area contributed by atoms with Crippen molar-refractivity contribution in [3.05, 3.63) is 68.5 Å². The Morgan fingerprint density at radius 2 is 1.93 bits per heavy atom. The fourth-order valence-corrected chi connectivity index (χ4v) is 3.82. The molecule has 0 saturated heterocycles. The summed E-state index contributed by atoms with van der Waals surface area (Å²) >= 11 is 6.31. The molecule has 0 saturated carbocycles. The van der Waals surface area contributed by atoms with Crippen molar-refractivity contribution in [2.75, 3.05) is 5.32 Å². The van der Waals surface area contributed by atoms with Crippen molar-refractivity contribution in [1.82, 2.24) is 4.57 Å². The number of aromatic nitrogens is 1. The molecule has 6 heteroatoms. The van der Waals surface area contributed by atoms with Crippen LogP contribution in [0.5, 0.6) is 5.75 Å². The molecule has 138 valence electrons. The zero-order valence-corrected chi connectivity index (χ0v) is 16.1. The van der Waals surface area contributed by atoms with Crippen molar-refractivity contribution in [2.45, 2.75) is 33.4 Å². The third-order valence-corrected chi connectivity index (χ3v) is 5.20. The van der Waals surface area contributed by atoms with Crippen molar-refractivity contribution in [3.63, 3.8) is 0 Å². The number of benzene rings is 2. The Morgan fingerprint density at radius 1 is 1.22 bits per heavy atom. The van der Waals surface area contributed by atoms with Crippen LogP contribution in [0.3, 0.4) is 0 Å². The van der Waals surface area contributed by atoms with Gasteiger partial charge in [-0.15, -0.1) is 0 Å². The SMILES string of the molecule is Cc1cccc(C)c1NC(=O)c1cn2c3c(ccc(Cl)c3c1=O)OC(C)C2. The Morgan fingerprint density at radius 3 is 2.63 bits per heavy atom. The first-order valence-electron chi connectivity index (χ1n) is 8.76. The standard InChI is InChI=1S/C21H19ClN2O3/c1-11-5-4-6-12(2)18(11)23-21(26)14-10-24-9-13(3)27-16-8-7-15(22)17(19(16)24)20(14)25/h4-8,10,13H,9H2,1-3H3,(H,23,26). The number of anilines is 1. The number of carbonyl (C=O) groups is 1. The van der Waals surface area contributed by atoms with E-state index < -0.39 is 11.3 Å². The molecular formula is C21H19ClN2O3. The highest BCUT2D eigenvalue weighted by Crippen LogP contribution is 2.33. The highest BCUT2D eigenvalue weighted by molar-refractivity contribution is 6.35. The summed E-state index contributed by atoms with van der Waals surface area (Å²) in [6.45, 7) is 6.31. The van der Waals surface area contributed by atoms with Crippen molar-refractivity contribution in [2.24, 2.45) is 0 Å². The summed E-state index contributed by atoms with van der Waals surface area (Å²) < 4.78 is 7.70. The van der Waals surface area contributed by atoms with Crippen LogP contribution in [0.15, 0.2) is 41.3 Å². The van der Waals surface area contributed by atoms with Gasteiger partial charge < -0.3 is 14.6 Å². The number of aryl methyl sites for hydroxylation is 2. The molecule has 3 aromatic rings. The number of para-hydroxylation sites is 1. The van der Waals surface area contributed by atoms with Gasteiger partial charge in [-0.25, -0.2) is 0 Å². The van der Waals surface area contributed by atoms with Crippen LogP contribution in [-0.4, -0.2) is 16.6 Å². The Balaban J connectivity index is 1.88. The predicted octanol–water partition coefficient (Wildman–Crippen LogP) is 4.30. The van der Waals surface area contributed by atoms with Gasteiger partial charge in [0.15, 0.2) is 0 Å². The molecule has 0 radical (unpaired) electrons. The minimum atomic E-state index is -0.441. The molecule has 27 heavy (non-hydrogen) atoms. The zero-order valence-electron chi connectivity index (χ0n) is 15.3. The smallest absolute Gasteiger partial charge is 0.261 e. The van der Waals surface area contributed by atoms with Gasteiger partial charge in [0.1, 0.15) is 17.4 Å². The maximum absolute atomic E-state index is 13.1. The number of hydrogen-bond donors (Lipinski definition) is 1. The largest absolute Gasteiger partial charge is 0.487 e. The van der Waals surface area contributed by atoms with Gasteiger partial charge in [-0.05, 0) is 44.0 Å². The maximum Gasteiger partial charge on any atom is 0.261 e. The monoisotopic (exact) mass is 382 g/mol. The summed E-state index contributed by atoms with van der Waals surface area (Å²) in [5.74, 6) is 0.163. The summed E-state index contributed by atoms with van der Waals surface area (Å²) in [6.07, 6.45) is 1.53. The van der Waals surface area contributed by atoms with Gasteiger partial charge >= 0.3 is 0 Å². The lowest BCUT2D eigenvalue weighted by molar-refractivity contribution is 0.102. The van der Waals surface area contributed by atoms with Crippen LogP contribution in [0.1, 0.15) is 28.4 Å². The minimum absolute atomic E-state index is 0.0679. The van der Waals surface area contributed by atoms with Gasteiger partial charge in [0.05, 0.1) is 22.5 Å². The van der Waals surface area contributed by atoms with E-state index in [0.29, 0.717) is 28.2 Å². The third kappa shape index (κ3) is 2.88. The second kappa shape index (κ2) is 6.43. The molecule has 1 aliphatic rings. The zero-order chi connectivity index (χ0) is 19.3. The summed E-state index contributed by atoms with van der Waals surface area (Å²) in [5.41, 5.74) is 2.90. The Bertz CT molecular complexity index is 1130. The molecule has 2 heterocycles. The topological polar surface area (TPSA) is 60.3 Å². The van der Waals surface area contributed by atoms with Crippen molar-refractivity contribution >= 4 is 34.1 Å². The quantitative estimate of drug-likeness (QED) is 0.718. The van der Waals surface area contributed by atoms with E-state index in [1.54, 1.807) is 18.3 Å². The Labute approximate surface area is 161 Å². The molecule has 1 N–H and O–H groups in total. The van der Waals surface area contributed by atoms with E-state index in [-0.39, 0.29) is 11.7 Å². The Hall–Kier alpha value is -2.79. The summed E-state index contributed by atoms with van der Waals surface area (Å²) in [4.78, 5) is 26.0. The first-order chi connectivity index (χ1) is 12.9. The number of pyridine rings is 1. The van der Waals surface area contributed by atoms with Crippen LogP contribution in [-0.2, 0) is 6.54 Å². The predicted molar refractivity (Wildman–Crippen MR) is 107 cm³/mol. The van der Waals surface area contributed by atoms with Gasteiger partial charge in [0, 0.05) is 11.9 Å². The highest BCUT2D eigenvalue weighted by Gasteiger charge is 2.25. The molecule has 0 spiro atoms. The summed E-state index contributed by atoms with van der Waals surface area (Å²) in [7, 11) is 0. The van der Waals surface area contributed by atoms with Gasteiger partial charge in [0.25, 0.3) is 5.91 Å². The average molecular weight is 383 g/mol.